The summed E-state index contributed by atoms with van der Waals surface area (Å²) >= 11 is 19.2. The lowest BCUT2D eigenvalue weighted by atomic mass is 10.2. The van der Waals surface area contributed by atoms with Gasteiger partial charge in [0.1, 0.15) is 11.6 Å². The van der Waals surface area contributed by atoms with Gasteiger partial charge in [-0.25, -0.2) is 8.78 Å². The predicted octanol–water partition coefficient (Wildman–Crippen LogP) is 4.77. The van der Waals surface area contributed by atoms with Crippen molar-refractivity contribution in [3.63, 3.8) is 0 Å². The Labute approximate surface area is 96.9 Å². The van der Waals surface area contributed by atoms with Gasteiger partial charge in [-0.05, 0) is 15.9 Å². The van der Waals surface area contributed by atoms with Crippen molar-refractivity contribution in [2.45, 2.75) is 5.88 Å². The largest absolute Gasteiger partial charge is 0.205 e. The maximum atomic E-state index is 13.2. The number of alkyl halides is 1. The van der Waals surface area contributed by atoms with Crippen LogP contribution in [-0.2, 0) is 5.88 Å². The lowest BCUT2D eigenvalue weighted by Crippen LogP contribution is -1.96. The van der Waals surface area contributed by atoms with E-state index < -0.39 is 11.6 Å². The summed E-state index contributed by atoms with van der Waals surface area (Å²) in [5, 5.41) is -0.524. The predicted molar refractivity (Wildman–Crippen MR) is 53.6 cm³/mol. The van der Waals surface area contributed by atoms with Gasteiger partial charge in [0.15, 0.2) is 0 Å². The first-order valence-corrected chi connectivity index (χ1v) is 5.15. The second-order valence-corrected chi connectivity index (χ2v) is 4.00. The highest BCUT2D eigenvalue weighted by atomic mass is 79.9. The summed E-state index contributed by atoms with van der Waals surface area (Å²) in [5.74, 6) is -2.08. The Morgan fingerprint density at radius 3 is 1.77 bits per heavy atom. The molecular formula is C7H2BrCl3F2. The van der Waals surface area contributed by atoms with Crippen LogP contribution in [0.3, 0.4) is 0 Å². The summed E-state index contributed by atoms with van der Waals surface area (Å²) in [6.45, 7) is 0. The molecule has 0 fully saturated rings. The first kappa shape index (κ1) is 11.5. The van der Waals surface area contributed by atoms with Gasteiger partial charge in [0, 0.05) is 5.56 Å². The van der Waals surface area contributed by atoms with Crippen molar-refractivity contribution < 1.29 is 8.78 Å². The van der Waals surface area contributed by atoms with Gasteiger partial charge in [-0.15, -0.1) is 11.6 Å². The Balaban J connectivity index is 3.56. The molecule has 0 saturated carbocycles. The first-order valence-electron chi connectivity index (χ1n) is 3.07. The molecule has 0 radical (unpaired) electrons. The Morgan fingerprint density at radius 1 is 1.08 bits per heavy atom. The Hall–Kier alpha value is 0.430. The molecule has 0 heterocycles. The van der Waals surface area contributed by atoms with Gasteiger partial charge in [0.25, 0.3) is 0 Å². The first-order chi connectivity index (χ1) is 6.00. The van der Waals surface area contributed by atoms with Crippen LogP contribution < -0.4 is 0 Å². The normalized spacial score (nSPS) is 10.6. The molecule has 72 valence electrons. The minimum absolute atomic E-state index is 0.000278. The van der Waals surface area contributed by atoms with E-state index >= 15 is 0 Å². The molecule has 0 aliphatic heterocycles. The average Bonchev–Trinajstić information content (AvgIpc) is 2.13. The van der Waals surface area contributed by atoms with Crippen LogP contribution in [0.2, 0.25) is 10.0 Å². The van der Waals surface area contributed by atoms with E-state index in [1.54, 1.807) is 0 Å². The van der Waals surface area contributed by atoms with E-state index in [0.717, 1.165) is 0 Å². The Bertz CT molecular complexity index is 325. The molecule has 1 rings (SSSR count). The standard InChI is InChI=1S/C7H2BrCl3F2/c8-3-4(10)6(12)2(1-9)7(13)5(3)11/h1H2. The van der Waals surface area contributed by atoms with Crippen LogP contribution in [0.4, 0.5) is 8.78 Å². The van der Waals surface area contributed by atoms with Crippen molar-refractivity contribution in [3.8, 4) is 0 Å². The summed E-state index contributed by atoms with van der Waals surface area (Å²) in [6.07, 6.45) is 0. The van der Waals surface area contributed by atoms with Crippen LogP contribution in [0.15, 0.2) is 4.47 Å². The van der Waals surface area contributed by atoms with E-state index in [2.05, 4.69) is 15.9 Å². The molecule has 0 aliphatic carbocycles. The quantitative estimate of drug-likeness (QED) is 0.398. The van der Waals surface area contributed by atoms with E-state index in [-0.39, 0.29) is 26.0 Å². The van der Waals surface area contributed by atoms with Gasteiger partial charge < -0.3 is 0 Å². The zero-order chi connectivity index (χ0) is 10.2. The molecule has 0 unspecified atom stereocenters. The van der Waals surface area contributed by atoms with Gasteiger partial charge in [-0.3, -0.25) is 0 Å². The van der Waals surface area contributed by atoms with Crippen molar-refractivity contribution in [1.82, 2.24) is 0 Å². The fraction of sp³-hybridized carbons (Fsp3) is 0.143. The molecule has 0 saturated heterocycles. The summed E-state index contributed by atoms with van der Waals surface area (Å²) in [5.41, 5.74) is -0.320. The zero-order valence-corrected chi connectivity index (χ0v) is 9.83. The van der Waals surface area contributed by atoms with E-state index in [0.29, 0.717) is 0 Å². The lowest BCUT2D eigenvalue weighted by Gasteiger charge is -2.07. The van der Waals surface area contributed by atoms with Crippen LogP contribution in [-0.4, -0.2) is 0 Å². The lowest BCUT2D eigenvalue weighted by molar-refractivity contribution is 0.565. The van der Waals surface area contributed by atoms with Crippen molar-refractivity contribution in [2.75, 3.05) is 0 Å². The molecule has 0 aliphatic rings. The minimum atomic E-state index is -0.884. The third-order valence-corrected chi connectivity index (χ3v) is 3.66. The van der Waals surface area contributed by atoms with Crippen molar-refractivity contribution >= 4 is 50.7 Å². The highest BCUT2D eigenvalue weighted by molar-refractivity contribution is 9.10. The SMILES string of the molecule is Fc1c(Cl)c(Br)c(Cl)c(F)c1CCl. The van der Waals surface area contributed by atoms with E-state index in [9.17, 15) is 8.78 Å². The van der Waals surface area contributed by atoms with E-state index in [1.807, 2.05) is 0 Å². The van der Waals surface area contributed by atoms with Crippen LogP contribution in [0.25, 0.3) is 0 Å². The van der Waals surface area contributed by atoms with Crippen LogP contribution >= 0.6 is 50.7 Å². The summed E-state index contributed by atoms with van der Waals surface area (Å²) in [4.78, 5) is 0. The zero-order valence-electron chi connectivity index (χ0n) is 5.97. The van der Waals surface area contributed by atoms with Crippen molar-refractivity contribution in [3.05, 3.63) is 31.7 Å². The maximum absolute atomic E-state index is 13.2. The minimum Gasteiger partial charge on any atom is -0.205 e. The van der Waals surface area contributed by atoms with Crippen LogP contribution in [0, 0.1) is 11.6 Å². The second-order valence-electron chi connectivity index (χ2n) is 2.18. The number of halogens is 6. The molecule has 0 spiro atoms. The number of benzene rings is 1. The maximum Gasteiger partial charge on any atom is 0.150 e. The third-order valence-electron chi connectivity index (χ3n) is 1.43. The summed E-state index contributed by atoms with van der Waals surface area (Å²) in [6, 6.07) is 0. The molecular weight excluding hydrogens is 308 g/mol. The number of hydrogen-bond acceptors (Lipinski definition) is 0. The summed E-state index contributed by atoms with van der Waals surface area (Å²) < 4.78 is 26.3. The molecule has 0 aromatic heterocycles. The molecule has 0 bridgehead atoms. The van der Waals surface area contributed by atoms with Gasteiger partial charge >= 0.3 is 0 Å². The third kappa shape index (κ3) is 1.94. The average molecular weight is 310 g/mol. The van der Waals surface area contributed by atoms with Gasteiger partial charge in [0.2, 0.25) is 0 Å². The van der Waals surface area contributed by atoms with Crippen molar-refractivity contribution in [1.29, 1.82) is 0 Å². The van der Waals surface area contributed by atoms with Gasteiger partial charge in [0.05, 0.1) is 20.4 Å². The Morgan fingerprint density at radius 2 is 1.46 bits per heavy atom. The Kier molecular flexibility index (Phi) is 3.81. The second kappa shape index (κ2) is 4.30. The molecule has 1 aromatic carbocycles. The topological polar surface area (TPSA) is 0 Å². The van der Waals surface area contributed by atoms with Crippen molar-refractivity contribution in [2.24, 2.45) is 0 Å². The monoisotopic (exact) mass is 308 g/mol. The summed E-state index contributed by atoms with van der Waals surface area (Å²) in [7, 11) is 0. The highest BCUT2D eigenvalue weighted by Gasteiger charge is 2.20. The van der Waals surface area contributed by atoms with E-state index in [4.69, 9.17) is 34.8 Å². The highest BCUT2D eigenvalue weighted by Crippen LogP contribution is 2.37. The molecule has 1 aromatic rings. The van der Waals surface area contributed by atoms with Gasteiger partial charge in [-0.1, -0.05) is 23.2 Å². The number of rotatable bonds is 1. The number of hydrogen-bond donors (Lipinski definition) is 0. The fourth-order valence-corrected chi connectivity index (χ4v) is 1.82. The van der Waals surface area contributed by atoms with Crippen LogP contribution in [0.5, 0.6) is 0 Å². The van der Waals surface area contributed by atoms with Crippen LogP contribution in [0.1, 0.15) is 5.56 Å². The molecule has 0 N–H and O–H groups in total. The van der Waals surface area contributed by atoms with Gasteiger partial charge in [-0.2, -0.15) is 0 Å². The molecule has 13 heavy (non-hydrogen) atoms. The molecule has 0 nitrogen and oxygen atoms in total. The molecule has 6 heteroatoms. The van der Waals surface area contributed by atoms with E-state index in [1.165, 1.54) is 0 Å². The fourth-order valence-electron chi connectivity index (χ4n) is 0.768. The molecule has 0 atom stereocenters. The molecule has 0 amide bonds. The smallest absolute Gasteiger partial charge is 0.150 e.